The number of para-hydroxylation sites is 1. The lowest BCUT2D eigenvalue weighted by atomic mass is 10.1. The van der Waals surface area contributed by atoms with Gasteiger partial charge in [-0.25, -0.2) is 9.97 Å². The van der Waals surface area contributed by atoms with Gasteiger partial charge in [-0.05, 0) is 43.7 Å². The normalized spacial score (nSPS) is 12.1. The van der Waals surface area contributed by atoms with E-state index in [9.17, 15) is 0 Å². The number of nitrogens with one attached hydrogen (secondary N) is 1. The molecule has 5 aromatic rings. The van der Waals surface area contributed by atoms with E-state index in [1.165, 1.54) is 5.56 Å². The van der Waals surface area contributed by atoms with Gasteiger partial charge in [0, 0.05) is 22.0 Å². The zero-order valence-corrected chi connectivity index (χ0v) is 12.4. The summed E-state index contributed by atoms with van der Waals surface area (Å²) in [5.41, 5.74) is 7.28. The molecule has 1 N–H and O–H groups in total. The Morgan fingerprint density at radius 2 is 1.82 bits per heavy atom. The maximum absolute atomic E-state index is 4.80. The van der Waals surface area contributed by atoms with E-state index in [1.54, 1.807) is 0 Å². The zero-order valence-electron chi connectivity index (χ0n) is 12.4. The van der Waals surface area contributed by atoms with E-state index < -0.39 is 0 Å². The van der Waals surface area contributed by atoms with Crippen LogP contribution in [0.3, 0.4) is 0 Å². The van der Waals surface area contributed by atoms with Gasteiger partial charge in [-0.1, -0.05) is 18.2 Å². The molecule has 5 rings (SSSR count). The number of benzene rings is 1. The second-order valence-electron chi connectivity index (χ2n) is 5.82. The molecule has 0 aliphatic rings. The van der Waals surface area contributed by atoms with Crippen molar-refractivity contribution in [3.8, 4) is 0 Å². The standard InChI is InChI=1S/C18H14N4/c1-10-9-11(2)19-17-12(10)7-8-15-21-16-13-5-3-4-6-14(13)20-18(16)22(15)17/h3-9,20H,1-2H3. The summed E-state index contributed by atoms with van der Waals surface area (Å²) in [5, 5.41) is 2.31. The number of hydrogen-bond donors (Lipinski definition) is 1. The third-order valence-electron chi connectivity index (χ3n) is 4.32. The molecule has 4 heteroatoms. The van der Waals surface area contributed by atoms with E-state index >= 15 is 0 Å². The Hall–Kier alpha value is -2.88. The Morgan fingerprint density at radius 1 is 0.955 bits per heavy atom. The number of H-pyrrole nitrogens is 1. The van der Waals surface area contributed by atoms with E-state index in [4.69, 9.17) is 9.97 Å². The lowest BCUT2D eigenvalue weighted by Gasteiger charge is -2.06. The predicted molar refractivity (Wildman–Crippen MR) is 89.3 cm³/mol. The fourth-order valence-electron chi connectivity index (χ4n) is 3.35. The molecule has 4 aromatic heterocycles. The minimum atomic E-state index is 0.928. The average molecular weight is 286 g/mol. The first-order chi connectivity index (χ1) is 10.7. The molecule has 4 nitrogen and oxygen atoms in total. The van der Waals surface area contributed by atoms with Crippen LogP contribution in [-0.4, -0.2) is 19.4 Å². The summed E-state index contributed by atoms with van der Waals surface area (Å²) in [6.45, 7) is 4.16. The monoisotopic (exact) mass is 286 g/mol. The molecule has 22 heavy (non-hydrogen) atoms. The van der Waals surface area contributed by atoms with Crippen molar-refractivity contribution in [2.24, 2.45) is 0 Å². The smallest absolute Gasteiger partial charge is 0.147 e. The van der Waals surface area contributed by atoms with Gasteiger partial charge in [0.2, 0.25) is 0 Å². The van der Waals surface area contributed by atoms with Gasteiger partial charge in [0.15, 0.2) is 0 Å². The van der Waals surface area contributed by atoms with Crippen molar-refractivity contribution in [3.05, 3.63) is 53.7 Å². The van der Waals surface area contributed by atoms with Gasteiger partial charge >= 0.3 is 0 Å². The molecule has 0 aliphatic heterocycles. The second-order valence-corrected chi connectivity index (χ2v) is 5.82. The number of aryl methyl sites for hydroxylation is 2. The minimum Gasteiger partial charge on any atom is -0.339 e. The van der Waals surface area contributed by atoms with Crippen LogP contribution >= 0.6 is 0 Å². The Labute approximate surface area is 126 Å². The molecular weight excluding hydrogens is 272 g/mol. The van der Waals surface area contributed by atoms with Gasteiger partial charge in [0.25, 0.3) is 0 Å². The van der Waals surface area contributed by atoms with Crippen LogP contribution in [0.15, 0.2) is 42.5 Å². The van der Waals surface area contributed by atoms with Crippen LogP contribution in [0.4, 0.5) is 0 Å². The van der Waals surface area contributed by atoms with Gasteiger partial charge in [-0.3, -0.25) is 4.40 Å². The highest BCUT2D eigenvalue weighted by molar-refractivity contribution is 6.06. The fraction of sp³-hybridized carbons (Fsp3) is 0.111. The van der Waals surface area contributed by atoms with E-state index in [1.807, 2.05) is 19.1 Å². The summed E-state index contributed by atoms with van der Waals surface area (Å²) >= 11 is 0. The van der Waals surface area contributed by atoms with Gasteiger partial charge in [-0.2, -0.15) is 0 Å². The molecule has 106 valence electrons. The number of fused-ring (bicyclic) bond motifs is 7. The van der Waals surface area contributed by atoms with Crippen molar-refractivity contribution in [1.29, 1.82) is 0 Å². The molecule has 0 amide bonds. The lowest BCUT2D eigenvalue weighted by Crippen LogP contribution is -1.95. The van der Waals surface area contributed by atoms with Crippen molar-refractivity contribution in [2.45, 2.75) is 13.8 Å². The molecule has 0 radical (unpaired) electrons. The summed E-state index contributed by atoms with van der Waals surface area (Å²) < 4.78 is 2.13. The number of aromatic amines is 1. The third-order valence-corrected chi connectivity index (χ3v) is 4.32. The van der Waals surface area contributed by atoms with Gasteiger partial charge in [0.1, 0.15) is 22.5 Å². The Kier molecular flexibility index (Phi) is 2.06. The van der Waals surface area contributed by atoms with Crippen molar-refractivity contribution in [3.63, 3.8) is 0 Å². The Balaban J connectivity index is 2.10. The van der Waals surface area contributed by atoms with Crippen LogP contribution in [0.2, 0.25) is 0 Å². The third kappa shape index (κ3) is 1.36. The first-order valence-electron chi connectivity index (χ1n) is 7.38. The minimum absolute atomic E-state index is 0.928. The fourth-order valence-corrected chi connectivity index (χ4v) is 3.35. The highest BCUT2D eigenvalue weighted by Gasteiger charge is 2.14. The van der Waals surface area contributed by atoms with Crippen LogP contribution in [0.1, 0.15) is 11.3 Å². The van der Waals surface area contributed by atoms with Crippen molar-refractivity contribution >= 4 is 38.7 Å². The van der Waals surface area contributed by atoms with Crippen LogP contribution in [-0.2, 0) is 0 Å². The number of hydrogen-bond acceptors (Lipinski definition) is 2. The number of nitrogens with zero attached hydrogens (tertiary/aromatic N) is 3. The zero-order chi connectivity index (χ0) is 14.8. The molecule has 0 aliphatic carbocycles. The SMILES string of the molecule is Cc1cc(C)c2ccc3nc4c5ccccc5[nH]c4n3c2n1. The number of aromatic nitrogens is 4. The van der Waals surface area contributed by atoms with E-state index in [2.05, 4.69) is 46.6 Å². The number of rotatable bonds is 0. The molecule has 0 bridgehead atoms. The van der Waals surface area contributed by atoms with Crippen LogP contribution in [0.5, 0.6) is 0 Å². The second kappa shape index (κ2) is 3.85. The topological polar surface area (TPSA) is 46.0 Å². The molecular formula is C18H14N4. The summed E-state index contributed by atoms with van der Waals surface area (Å²) in [4.78, 5) is 13.1. The first kappa shape index (κ1) is 11.7. The molecule has 0 saturated heterocycles. The lowest BCUT2D eigenvalue weighted by molar-refractivity contribution is 1.14. The predicted octanol–water partition coefficient (Wildman–Crippen LogP) is 4.13. The van der Waals surface area contributed by atoms with Crippen LogP contribution < -0.4 is 0 Å². The average Bonchev–Trinajstić information content (AvgIpc) is 3.02. The van der Waals surface area contributed by atoms with Gasteiger partial charge < -0.3 is 4.98 Å². The van der Waals surface area contributed by atoms with Crippen LogP contribution in [0, 0.1) is 13.8 Å². The van der Waals surface area contributed by atoms with Crippen molar-refractivity contribution < 1.29 is 0 Å². The summed E-state index contributed by atoms with van der Waals surface area (Å²) in [5.74, 6) is 0. The molecule has 4 heterocycles. The van der Waals surface area contributed by atoms with Gasteiger partial charge in [0.05, 0.1) is 0 Å². The van der Waals surface area contributed by atoms with E-state index in [-0.39, 0.29) is 0 Å². The molecule has 0 unspecified atom stereocenters. The van der Waals surface area contributed by atoms with E-state index in [0.717, 1.165) is 44.4 Å². The summed E-state index contributed by atoms with van der Waals surface area (Å²) in [6.07, 6.45) is 0. The number of imidazole rings is 1. The number of pyridine rings is 2. The van der Waals surface area contributed by atoms with Gasteiger partial charge in [-0.15, -0.1) is 0 Å². The highest BCUT2D eigenvalue weighted by atomic mass is 15.1. The van der Waals surface area contributed by atoms with Crippen LogP contribution in [0.25, 0.3) is 38.7 Å². The first-order valence-corrected chi connectivity index (χ1v) is 7.38. The highest BCUT2D eigenvalue weighted by Crippen LogP contribution is 2.28. The quantitative estimate of drug-likeness (QED) is 0.465. The molecule has 0 spiro atoms. The molecule has 0 saturated carbocycles. The Morgan fingerprint density at radius 3 is 2.73 bits per heavy atom. The van der Waals surface area contributed by atoms with E-state index in [0.29, 0.717) is 0 Å². The van der Waals surface area contributed by atoms with Crippen molar-refractivity contribution in [2.75, 3.05) is 0 Å². The Bertz CT molecular complexity index is 1190. The van der Waals surface area contributed by atoms with Crippen molar-refractivity contribution in [1.82, 2.24) is 19.4 Å². The maximum atomic E-state index is 4.80. The molecule has 0 fully saturated rings. The summed E-state index contributed by atoms with van der Waals surface area (Å²) in [6, 6.07) is 14.6. The maximum Gasteiger partial charge on any atom is 0.147 e. The molecule has 0 atom stereocenters. The largest absolute Gasteiger partial charge is 0.339 e. The molecule has 1 aromatic carbocycles. The summed E-state index contributed by atoms with van der Waals surface area (Å²) in [7, 11) is 0.